The number of para-hydroxylation sites is 1. The highest BCUT2D eigenvalue weighted by atomic mass is 16.5. The number of nitrogens with zero attached hydrogens (tertiary/aromatic N) is 3. The molecule has 1 aliphatic heterocycles. The van der Waals surface area contributed by atoms with E-state index < -0.39 is 6.10 Å². The van der Waals surface area contributed by atoms with Gasteiger partial charge in [0.1, 0.15) is 6.10 Å². The molecular formula is C24H26N6O2. The molecule has 5 rings (SSSR count). The molecule has 4 aromatic rings. The molecule has 2 aromatic carbocycles. The number of benzene rings is 2. The third-order valence-corrected chi connectivity index (χ3v) is 6.12. The number of nitrogens with two attached hydrogens (primary N) is 1. The van der Waals surface area contributed by atoms with Crippen molar-refractivity contribution >= 4 is 16.9 Å². The van der Waals surface area contributed by atoms with Crippen LogP contribution in [0.5, 0.6) is 5.88 Å². The first-order chi connectivity index (χ1) is 15.4. The lowest BCUT2D eigenvalue weighted by Crippen LogP contribution is -2.27. The molecule has 1 unspecified atom stereocenters. The van der Waals surface area contributed by atoms with Gasteiger partial charge in [0.2, 0.25) is 0 Å². The highest BCUT2D eigenvalue weighted by Gasteiger charge is 2.19. The molecule has 0 saturated carbocycles. The Balaban J connectivity index is 1.49. The summed E-state index contributed by atoms with van der Waals surface area (Å²) in [5.41, 5.74) is 13.8. The lowest BCUT2D eigenvalue weighted by Gasteiger charge is -2.27. The maximum absolute atomic E-state index is 11.7. The molecule has 0 amide bonds. The molecule has 1 atom stereocenters. The van der Waals surface area contributed by atoms with Crippen LogP contribution in [0, 0.1) is 6.92 Å². The molecule has 0 saturated heterocycles. The normalized spacial score (nSPS) is 15.0. The Labute approximate surface area is 185 Å². The SMILES string of the molecule is Cc1cc(-c2cnc(N)c(OC(C)c3cccc4[nH]c(=O)[nH]c34)n2)cc2c1CCN(C)C2. The molecular weight excluding hydrogens is 404 g/mol. The minimum absolute atomic E-state index is 0.227. The Morgan fingerprint density at radius 1 is 1.25 bits per heavy atom. The minimum Gasteiger partial charge on any atom is -0.467 e. The Kier molecular flexibility index (Phi) is 4.94. The molecule has 1 aliphatic rings. The lowest BCUT2D eigenvalue weighted by molar-refractivity contribution is 0.220. The fourth-order valence-corrected chi connectivity index (χ4v) is 4.47. The number of ether oxygens (including phenoxy) is 1. The van der Waals surface area contributed by atoms with E-state index in [4.69, 9.17) is 15.5 Å². The van der Waals surface area contributed by atoms with Crippen molar-refractivity contribution in [1.29, 1.82) is 0 Å². The predicted octanol–water partition coefficient (Wildman–Crippen LogP) is 3.33. The van der Waals surface area contributed by atoms with Gasteiger partial charge in [-0.25, -0.2) is 14.8 Å². The van der Waals surface area contributed by atoms with Crippen LogP contribution in [0.15, 0.2) is 41.3 Å². The van der Waals surface area contributed by atoms with Crippen LogP contribution in [0.1, 0.15) is 35.3 Å². The van der Waals surface area contributed by atoms with Gasteiger partial charge >= 0.3 is 5.69 Å². The topological polar surface area (TPSA) is 113 Å². The smallest absolute Gasteiger partial charge is 0.323 e. The number of hydrogen-bond acceptors (Lipinski definition) is 6. The first kappa shape index (κ1) is 20.3. The van der Waals surface area contributed by atoms with Gasteiger partial charge in [0.25, 0.3) is 5.88 Å². The van der Waals surface area contributed by atoms with Crippen molar-refractivity contribution in [2.75, 3.05) is 19.3 Å². The Hall–Kier alpha value is -3.65. The summed E-state index contributed by atoms with van der Waals surface area (Å²) < 4.78 is 6.13. The van der Waals surface area contributed by atoms with Gasteiger partial charge in [0.05, 0.1) is 22.9 Å². The molecule has 3 heterocycles. The zero-order valence-corrected chi connectivity index (χ0v) is 18.4. The van der Waals surface area contributed by atoms with Crippen LogP contribution in [0.2, 0.25) is 0 Å². The van der Waals surface area contributed by atoms with Crippen molar-refractivity contribution in [3.05, 3.63) is 69.3 Å². The van der Waals surface area contributed by atoms with E-state index in [1.165, 1.54) is 16.7 Å². The van der Waals surface area contributed by atoms with Crippen molar-refractivity contribution in [3.8, 4) is 17.1 Å². The van der Waals surface area contributed by atoms with Crippen LogP contribution in [-0.2, 0) is 13.0 Å². The minimum atomic E-state index is -0.393. The summed E-state index contributed by atoms with van der Waals surface area (Å²) in [5.74, 6) is 0.502. The number of aromatic nitrogens is 4. The predicted molar refractivity (Wildman–Crippen MR) is 125 cm³/mol. The summed E-state index contributed by atoms with van der Waals surface area (Å²) in [5, 5.41) is 0. The lowest BCUT2D eigenvalue weighted by atomic mass is 9.92. The molecule has 32 heavy (non-hydrogen) atoms. The molecule has 164 valence electrons. The second-order valence-corrected chi connectivity index (χ2v) is 8.47. The Morgan fingerprint density at radius 2 is 2.09 bits per heavy atom. The van der Waals surface area contributed by atoms with Crippen molar-refractivity contribution < 1.29 is 4.74 Å². The maximum Gasteiger partial charge on any atom is 0.323 e. The van der Waals surface area contributed by atoms with Gasteiger partial charge in [-0.15, -0.1) is 0 Å². The van der Waals surface area contributed by atoms with Gasteiger partial charge in [0, 0.05) is 24.2 Å². The zero-order valence-electron chi connectivity index (χ0n) is 18.4. The number of likely N-dealkylation sites (N-methyl/N-ethyl adjacent to an activating group) is 1. The van der Waals surface area contributed by atoms with Gasteiger partial charge in [0.15, 0.2) is 5.82 Å². The number of nitrogens with one attached hydrogen (secondary N) is 2. The van der Waals surface area contributed by atoms with Crippen molar-refractivity contribution in [2.24, 2.45) is 0 Å². The van der Waals surface area contributed by atoms with Crippen molar-refractivity contribution in [3.63, 3.8) is 0 Å². The van der Waals surface area contributed by atoms with E-state index in [9.17, 15) is 4.79 Å². The van der Waals surface area contributed by atoms with Crippen LogP contribution in [-0.4, -0.2) is 38.4 Å². The van der Waals surface area contributed by atoms with Crippen molar-refractivity contribution in [2.45, 2.75) is 32.9 Å². The van der Waals surface area contributed by atoms with E-state index in [2.05, 4.69) is 46.0 Å². The zero-order chi connectivity index (χ0) is 22.4. The van der Waals surface area contributed by atoms with E-state index in [0.29, 0.717) is 11.2 Å². The average molecular weight is 431 g/mol. The Morgan fingerprint density at radius 3 is 2.94 bits per heavy atom. The maximum atomic E-state index is 11.7. The first-order valence-electron chi connectivity index (χ1n) is 10.7. The quantitative estimate of drug-likeness (QED) is 0.458. The molecule has 0 spiro atoms. The van der Waals surface area contributed by atoms with Crippen LogP contribution in [0.3, 0.4) is 0 Å². The number of aryl methyl sites for hydroxylation is 1. The van der Waals surface area contributed by atoms with Crippen LogP contribution in [0.4, 0.5) is 5.82 Å². The van der Waals surface area contributed by atoms with Gasteiger partial charge in [-0.2, -0.15) is 0 Å². The summed E-state index contributed by atoms with van der Waals surface area (Å²) in [6.45, 7) is 6.04. The second kappa shape index (κ2) is 7.80. The van der Waals surface area contributed by atoms with Crippen molar-refractivity contribution in [1.82, 2.24) is 24.8 Å². The third-order valence-electron chi connectivity index (χ3n) is 6.12. The molecule has 2 aromatic heterocycles. The fourth-order valence-electron chi connectivity index (χ4n) is 4.47. The number of fused-ring (bicyclic) bond motifs is 2. The van der Waals surface area contributed by atoms with Gasteiger partial charge < -0.3 is 25.3 Å². The number of hydrogen-bond donors (Lipinski definition) is 3. The largest absolute Gasteiger partial charge is 0.467 e. The molecule has 0 bridgehead atoms. The number of anilines is 1. The summed E-state index contributed by atoms with van der Waals surface area (Å²) in [6.07, 6.45) is 2.35. The van der Waals surface area contributed by atoms with Gasteiger partial charge in [-0.05, 0) is 62.2 Å². The standard InChI is InChI=1S/C24H26N6O2/c1-13-9-15(10-16-12-30(3)8-7-17(13)16)20-11-26-22(25)23(27-20)32-14(2)18-5-4-6-19-21(18)29-24(31)28-19/h4-6,9-11,14H,7-8,12H2,1-3H3,(H2,25,26)(H2,28,29,31). The fraction of sp³-hybridized carbons (Fsp3) is 0.292. The van der Waals surface area contributed by atoms with E-state index in [1.807, 2.05) is 25.1 Å². The van der Waals surface area contributed by atoms with Crippen LogP contribution >= 0.6 is 0 Å². The van der Waals surface area contributed by atoms with E-state index in [-0.39, 0.29) is 17.4 Å². The average Bonchev–Trinajstić information content (AvgIpc) is 3.15. The monoisotopic (exact) mass is 430 g/mol. The molecule has 0 aliphatic carbocycles. The van der Waals surface area contributed by atoms with E-state index in [0.717, 1.165) is 36.2 Å². The highest BCUT2D eigenvalue weighted by molar-refractivity contribution is 5.78. The first-order valence-corrected chi connectivity index (χ1v) is 10.7. The summed E-state index contributed by atoms with van der Waals surface area (Å²) in [4.78, 5) is 28.7. The highest BCUT2D eigenvalue weighted by Crippen LogP contribution is 2.32. The number of H-pyrrole nitrogens is 2. The molecule has 0 fully saturated rings. The van der Waals surface area contributed by atoms with E-state index >= 15 is 0 Å². The molecule has 8 heteroatoms. The molecule has 4 N–H and O–H groups in total. The second-order valence-electron chi connectivity index (χ2n) is 8.47. The van der Waals surface area contributed by atoms with Crippen LogP contribution in [0.25, 0.3) is 22.3 Å². The third kappa shape index (κ3) is 3.62. The summed E-state index contributed by atoms with van der Waals surface area (Å²) >= 11 is 0. The summed E-state index contributed by atoms with van der Waals surface area (Å²) in [7, 11) is 2.14. The van der Waals surface area contributed by atoms with Gasteiger partial charge in [-0.1, -0.05) is 12.1 Å². The number of imidazole rings is 1. The van der Waals surface area contributed by atoms with Gasteiger partial charge in [-0.3, -0.25) is 0 Å². The van der Waals surface area contributed by atoms with E-state index in [1.54, 1.807) is 6.20 Å². The number of rotatable bonds is 4. The number of nitrogen functional groups attached to an aromatic ring is 1. The van der Waals surface area contributed by atoms with Crippen LogP contribution < -0.4 is 16.2 Å². The molecule has 0 radical (unpaired) electrons. The summed E-state index contributed by atoms with van der Waals surface area (Å²) in [6, 6.07) is 9.97. The number of aromatic amines is 2. The molecule has 8 nitrogen and oxygen atoms in total. The Bertz CT molecular complexity index is 1370.